The molecule has 1 amide bonds. The van der Waals surface area contributed by atoms with E-state index in [9.17, 15) is 9.59 Å². The summed E-state index contributed by atoms with van der Waals surface area (Å²) in [6.45, 7) is 2.18. The Morgan fingerprint density at radius 2 is 1.88 bits per heavy atom. The van der Waals surface area contributed by atoms with Crippen molar-refractivity contribution in [2.45, 2.75) is 12.6 Å². The van der Waals surface area contributed by atoms with Crippen molar-refractivity contribution in [1.29, 1.82) is 0 Å². The number of pyridine rings is 1. The topological polar surface area (TPSA) is 62.9 Å². The van der Waals surface area contributed by atoms with Gasteiger partial charge in [0.05, 0.1) is 6.04 Å². The van der Waals surface area contributed by atoms with Crippen LogP contribution in [-0.2, 0) is 11.3 Å². The van der Waals surface area contributed by atoms with Crippen LogP contribution in [0.3, 0.4) is 0 Å². The van der Waals surface area contributed by atoms with Crippen LogP contribution in [0.25, 0.3) is 5.65 Å². The highest BCUT2D eigenvalue weighted by molar-refractivity contribution is 5.76. The van der Waals surface area contributed by atoms with Gasteiger partial charge in [0.15, 0.2) is 5.65 Å². The first-order valence-corrected chi connectivity index (χ1v) is 8.70. The Kier molecular flexibility index (Phi) is 4.30. The molecule has 1 saturated heterocycles. The Hall–Kier alpha value is -2.93. The number of hydrogen-bond acceptors (Lipinski definition) is 4. The van der Waals surface area contributed by atoms with E-state index in [-0.39, 0.29) is 24.2 Å². The highest BCUT2D eigenvalue weighted by Gasteiger charge is 2.30. The fourth-order valence-electron chi connectivity index (χ4n) is 3.47. The zero-order chi connectivity index (χ0) is 18.1. The van der Waals surface area contributed by atoms with Gasteiger partial charge in [0.25, 0.3) is 0 Å². The lowest BCUT2D eigenvalue weighted by Crippen LogP contribution is -2.50. The normalized spacial score (nSPS) is 18.3. The van der Waals surface area contributed by atoms with E-state index in [1.165, 1.54) is 9.08 Å². The van der Waals surface area contributed by atoms with E-state index in [0.29, 0.717) is 12.2 Å². The highest BCUT2D eigenvalue weighted by Crippen LogP contribution is 2.25. The molecule has 1 fully saturated rings. The minimum absolute atomic E-state index is 0.0183. The van der Waals surface area contributed by atoms with Gasteiger partial charge in [-0.25, -0.2) is 9.48 Å². The van der Waals surface area contributed by atoms with Gasteiger partial charge < -0.3 is 9.80 Å². The van der Waals surface area contributed by atoms with Crippen LogP contribution >= 0.6 is 0 Å². The van der Waals surface area contributed by atoms with E-state index in [0.717, 1.165) is 18.7 Å². The highest BCUT2D eigenvalue weighted by atomic mass is 16.2. The molecule has 1 unspecified atom stereocenters. The molecule has 1 aromatic carbocycles. The number of carbonyl (C=O) groups excluding carboxylic acids is 1. The number of aromatic nitrogens is 3. The first kappa shape index (κ1) is 16.5. The summed E-state index contributed by atoms with van der Waals surface area (Å²) in [6, 6.07) is 15.4. The van der Waals surface area contributed by atoms with Crippen molar-refractivity contribution in [3.05, 3.63) is 70.8 Å². The standard InChI is InChI=1S/C19H21N5O2/c1-21-11-12-22(16(13-21)15-7-3-2-4-8-15)18(25)14-24-19(26)23-10-6-5-9-17(23)20-24/h2-10,16H,11-14H2,1H3. The molecule has 2 aromatic heterocycles. The van der Waals surface area contributed by atoms with Crippen molar-refractivity contribution in [1.82, 2.24) is 24.0 Å². The third kappa shape index (κ3) is 3.01. The first-order chi connectivity index (χ1) is 12.6. The van der Waals surface area contributed by atoms with Crippen LogP contribution in [0.1, 0.15) is 11.6 Å². The van der Waals surface area contributed by atoms with Gasteiger partial charge in [-0.2, -0.15) is 0 Å². The molecule has 0 aliphatic carbocycles. The molecule has 0 spiro atoms. The van der Waals surface area contributed by atoms with Gasteiger partial charge in [-0.1, -0.05) is 36.4 Å². The van der Waals surface area contributed by atoms with E-state index in [4.69, 9.17) is 0 Å². The molecule has 1 aliphatic rings. The monoisotopic (exact) mass is 351 g/mol. The minimum Gasteiger partial charge on any atom is -0.331 e. The van der Waals surface area contributed by atoms with Crippen LogP contribution in [0.2, 0.25) is 0 Å². The molecule has 0 radical (unpaired) electrons. The van der Waals surface area contributed by atoms with Gasteiger partial charge in [-0.05, 0) is 24.7 Å². The maximum absolute atomic E-state index is 13.0. The molecule has 4 rings (SSSR count). The number of benzene rings is 1. The van der Waals surface area contributed by atoms with Crippen LogP contribution in [0, 0.1) is 0 Å². The second-order valence-electron chi connectivity index (χ2n) is 6.64. The predicted octanol–water partition coefficient (Wildman–Crippen LogP) is 1.01. The van der Waals surface area contributed by atoms with E-state index >= 15 is 0 Å². The number of hydrogen-bond donors (Lipinski definition) is 0. The van der Waals surface area contributed by atoms with Gasteiger partial charge in [0.2, 0.25) is 5.91 Å². The fourth-order valence-corrected chi connectivity index (χ4v) is 3.47. The summed E-state index contributed by atoms with van der Waals surface area (Å²) in [5.74, 6) is -0.0857. The molecule has 26 heavy (non-hydrogen) atoms. The SMILES string of the molecule is CN1CCN(C(=O)Cn2nc3ccccn3c2=O)C(c2ccccc2)C1. The average molecular weight is 351 g/mol. The lowest BCUT2D eigenvalue weighted by molar-refractivity contribution is -0.137. The van der Waals surface area contributed by atoms with E-state index in [1.807, 2.05) is 41.3 Å². The lowest BCUT2D eigenvalue weighted by atomic mass is 10.0. The van der Waals surface area contributed by atoms with Crippen LogP contribution in [0.5, 0.6) is 0 Å². The average Bonchev–Trinajstić information content (AvgIpc) is 2.98. The second-order valence-corrected chi connectivity index (χ2v) is 6.64. The summed E-state index contributed by atoms with van der Waals surface area (Å²) >= 11 is 0. The number of likely N-dealkylation sites (N-methyl/N-ethyl adjacent to an activating group) is 1. The largest absolute Gasteiger partial charge is 0.350 e. The van der Waals surface area contributed by atoms with Crippen molar-refractivity contribution in [3.63, 3.8) is 0 Å². The molecular formula is C19H21N5O2. The van der Waals surface area contributed by atoms with Crippen molar-refractivity contribution in [2.24, 2.45) is 0 Å². The second kappa shape index (κ2) is 6.76. The van der Waals surface area contributed by atoms with Gasteiger partial charge in [0, 0.05) is 25.8 Å². The van der Waals surface area contributed by atoms with Gasteiger partial charge in [0.1, 0.15) is 6.54 Å². The molecule has 1 aliphatic heterocycles. The Morgan fingerprint density at radius 3 is 2.65 bits per heavy atom. The van der Waals surface area contributed by atoms with Gasteiger partial charge in [-0.3, -0.25) is 9.20 Å². The number of nitrogens with zero attached hydrogens (tertiary/aromatic N) is 5. The van der Waals surface area contributed by atoms with Gasteiger partial charge >= 0.3 is 5.69 Å². The number of carbonyl (C=O) groups is 1. The molecule has 1 atom stereocenters. The molecule has 134 valence electrons. The maximum Gasteiger partial charge on any atom is 0.350 e. The summed E-state index contributed by atoms with van der Waals surface area (Å²) in [6.07, 6.45) is 1.66. The molecule has 3 aromatic rings. The Morgan fingerprint density at radius 1 is 1.12 bits per heavy atom. The van der Waals surface area contributed by atoms with Crippen molar-refractivity contribution < 1.29 is 4.79 Å². The van der Waals surface area contributed by atoms with Crippen LogP contribution in [0.4, 0.5) is 0 Å². The van der Waals surface area contributed by atoms with Gasteiger partial charge in [-0.15, -0.1) is 5.10 Å². The summed E-state index contributed by atoms with van der Waals surface area (Å²) in [5, 5.41) is 4.27. The van der Waals surface area contributed by atoms with E-state index < -0.39 is 0 Å². The zero-order valence-corrected chi connectivity index (χ0v) is 14.7. The quantitative estimate of drug-likeness (QED) is 0.707. The number of amides is 1. The Labute approximate surface area is 151 Å². The smallest absolute Gasteiger partial charge is 0.331 e. The predicted molar refractivity (Wildman–Crippen MR) is 97.8 cm³/mol. The van der Waals surface area contributed by atoms with Crippen molar-refractivity contribution in [3.8, 4) is 0 Å². The number of piperazine rings is 1. The summed E-state index contributed by atoms with van der Waals surface area (Å²) < 4.78 is 2.70. The van der Waals surface area contributed by atoms with Crippen LogP contribution in [0.15, 0.2) is 59.5 Å². The maximum atomic E-state index is 13.0. The molecule has 0 N–H and O–H groups in total. The van der Waals surface area contributed by atoms with E-state index in [1.54, 1.807) is 18.3 Å². The minimum atomic E-state index is -0.292. The molecule has 0 saturated carbocycles. The zero-order valence-electron chi connectivity index (χ0n) is 14.7. The van der Waals surface area contributed by atoms with E-state index in [2.05, 4.69) is 17.0 Å². The van der Waals surface area contributed by atoms with Crippen molar-refractivity contribution in [2.75, 3.05) is 26.7 Å². The third-order valence-electron chi connectivity index (χ3n) is 4.86. The summed E-state index contributed by atoms with van der Waals surface area (Å²) in [7, 11) is 2.06. The molecule has 7 nitrogen and oxygen atoms in total. The number of rotatable bonds is 3. The Balaban J connectivity index is 1.61. The molecular weight excluding hydrogens is 330 g/mol. The molecule has 7 heteroatoms. The summed E-state index contributed by atoms with van der Waals surface area (Å²) in [4.78, 5) is 29.5. The first-order valence-electron chi connectivity index (χ1n) is 8.70. The van der Waals surface area contributed by atoms with Crippen LogP contribution in [-0.4, -0.2) is 56.6 Å². The number of fused-ring (bicyclic) bond motifs is 1. The fraction of sp³-hybridized carbons (Fsp3) is 0.316. The Bertz CT molecular complexity index is 978. The third-order valence-corrected chi connectivity index (χ3v) is 4.86. The molecule has 3 heterocycles. The van der Waals surface area contributed by atoms with Crippen LogP contribution < -0.4 is 5.69 Å². The molecule has 0 bridgehead atoms. The lowest BCUT2D eigenvalue weighted by Gasteiger charge is -2.40. The summed E-state index contributed by atoms with van der Waals surface area (Å²) in [5.41, 5.74) is 1.36. The van der Waals surface area contributed by atoms with Crippen molar-refractivity contribution >= 4 is 11.6 Å².